The van der Waals surface area contributed by atoms with Crippen LogP contribution < -0.4 is 11.1 Å². The van der Waals surface area contributed by atoms with Crippen LogP contribution in [0, 0.1) is 11.8 Å². The van der Waals surface area contributed by atoms with Gasteiger partial charge in [-0.25, -0.2) is 4.79 Å². The minimum atomic E-state index is -0.346. The molecule has 0 saturated heterocycles. The number of ether oxygens (including phenoxy) is 1. The van der Waals surface area contributed by atoms with Crippen molar-refractivity contribution in [1.29, 1.82) is 0 Å². The summed E-state index contributed by atoms with van der Waals surface area (Å²) < 4.78 is 5.04. The van der Waals surface area contributed by atoms with Gasteiger partial charge in [0.15, 0.2) is 0 Å². The summed E-state index contributed by atoms with van der Waals surface area (Å²) in [4.78, 5) is 11.9. The van der Waals surface area contributed by atoms with Crippen molar-refractivity contribution in [3.63, 3.8) is 0 Å². The molecule has 3 atom stereocenters. The highest BCUT2D eigenvalue weighted by molar-refractivity contribution is 5.98. The molecule has 2 aliphatic carbocycles. The number of hydrogen-bond acceptors (Lipinski definition) is 4. The Labute approximate surface area is 119 Å². The second kappa shape index (κ2) is 5.35. The third-order valence-corrected chi connectivity index (χ3v) is 4.68. The zero-order chi connectivity index (χ0) is 14.1. The van der Waals surface area contributed by atoms with Gasteiger partial charge in [-0.3, -0.25) is 0 Å². The molecule has 0 radical (unpaired) electrons. The second-order valence-electron chi connectivity index (χ2n) is 5.91. The van der Waals surface area contributed by atoms with Crippen molar-refractivity contribution < 1.29 is 9.53 Å². The van der Waals surface area contributed by atoms with Gasteiger partial charge in [-0.05, 0) is 50.2 Å². The van der Waals surface area contributed by atoms with Crippen LogP contribution in [0.4, 0.5) is 11.4 Å². The molecule has 0 heterocycles. The van der Waals surface area contributed by atoms with E-state index in [9.17, 15) is 4.79 Å². The number of rotatable bonds is 4. The van der Waals surface area contributed by atoms with E-state index in [0.717, 1.165) is 17.5 Å². The molecule has 0 aromatic heterocycles. The Hall–Kier alpha value is -1.71. The average Bonchev–Trinajstić information content (AvgIpc) is 3.04. The lowest BCUT2D eigenvalue weighted by Gasteiger charge is -2.25. The standard InChI is InChI=1S/C16H22N2O2/c1-2-20-16(19)12-4-3-5-13(15(12)17)18-14-9-10-6-7-11(14)8-10/h3-5,10-11,14,18H,2,6-9,17H2,1H3. The Kier molecular flexibility index (Phi) is 3.55. The molecule has 0 aliphatic heterocycles. The van der Waals surface area contributed by atoms with E-state index < -0.39 is 0 Å². The van der Waals surface area contributed by atoms with Crippen molar-refractivity contribution in [2.45, 2.75) is 38.6 Å². The summed E-state index contributed by atoms with van der Waals surface area (Å²) in [5.41, 5.74) is 7.96. The summed E-state index contributed by atoms with van der Waals surface area (Å²) >= 11 is 0. The molecule has 1 aromatic carbocycles. The average molecular weight is 274 g/mol. The molecular formula is C16H22N2O2. The number of fused-ring (bicyclic) bond motifs is 2. The summed E-state index contributed by atoms with van der Waals surface area (Å²) in [6.07, 6.45) is 5.27. The molecule has 3 N–H and O–H groups in total. The number of nitrogens with two attached hydrogens (primary N) is 1. The summed E-state index contributed by atoms with van der Waals surface area (Å²) in [6, 6.07) is 6.04. The maximum absolute atomic E-state index is 11.9. The van der Waals surface area contributed by atoms with Crippen LogP contribution in [-0.2, 0) is 4.74 Å². The number of benzene rings is 1. The lowest BCUT2D eigenvalue weighted by atomic mass is 9.95. The predicted molar refractivity (Wildman–Crippen MR) is 79.7 cm³/mol. The van der Waals surface area contributed by atoms with Crippen LogP contribution in [0.2, 0.25) is 0 Å². The van der Waals surface area contributed by atoms with Gasteiger partial charge in [0.1, 0.15) is 0 Å². The molecule has 20 heavy (non-hydrogen) atoms. The minimum Gasteiger partial charge on any atom is -0.462 e. The third kappa shape index (κ3) is 2.35. The van der Waals surface area contributed by atoms with E-state index in [1.807, 2.05) is 12.1 Å². The van der Waals surface area contributed by atoms with Gasteiger partial charge >= 0.3 is 5.97 Å². The molecule has 2 fully saturated rings. The quantitative estimate of drug-likeness (QED) is 0.654. The highest BCUT2D eigenvalue weighted by Crippen LogP contribution is 2.46. The zero-order valence-corrected chi connectivity index (χ0v) is 11.9. The molecule has 4 nitrogen and oxygen atoms in total. The van der Waals surface area contributed by atoms with Crippen LogP contribution in [0.1, 0.15) is 43.0 Å². The summed E-state index contributed by atoms with van der Waals surface area (Å²) in [5, 5.41) is 3.55. The van der Waals surface area contributed by atoms with Gasteiger partial charge in [-0.1, -0.05) is 12.5 Å². The van der Waals surface area contributed by atoms with E-state index in [4.69, 9.17) is 10.5 Å². The number of esters is 1. The van der Waals surface area contributed by atoms with Gasteiger partial charge in [-0.15, -0.1) is 0 Å². The van der Waals surface area contributed by atoms with Crippen molar-refractivity contribution in [1.82, 2.24) is 0 Å². The van der Waals surface area contributed by atoms with Crippen molar-refractivity contribution in [2.24, 2.45) is 11.8 Å². The van der Waals surface area contributed by atoms with Crippen LogP contribution in [0.25, 0.3) is 0 Å². The molecule has 2 aliphatic rings. The lowest BCUT2D eigenvalue weighted by Crippen LogP contribution is -2.26. The Bertz CT molecular complexity index is 515. The largest absolute Gasteiger partial charge is 0.462 e. The number of carbonyl (C=O) groups excluding carboxylic acids is 1. The Balaban J connectivity index is 1.76. The molecule has 2 bridgehead atoms. The summed E-state index contributed by atoms with van der Waals surface area (Å²) in [6.45, 7) is 2.16. The fourth-order valence-electron chi connectivity index (χ4n) is 3.70. The first-order valence-corrected chi connectivity index (χ1v) is 7.51. The molecule has 3 unspecified atom stereocenters. The van der Waals surface area contributed by atoms with Gasteiger partial charge in [0.05, 0.1) is 23.5 Å². The fraction of sp³-hybridized carbons (Fsp3) is 0.562. The summed E-state index contributed by atoms with van der Waals surface area (Å²) in [7, 11) is 0. The second-order valence-corrected chi connectivity index (χ2v) is 5.91. The van der Waals surface area contributed by atoms with Gasteiger partial charge in [0.2, 0.25) is 0 Å². The van der Waals surface area contributed by atoms with Crippen molar-refractivity contribution in [3.8, 4) is 0 Å². The number of nitrogen functional groups attached to an aromatic ring is 1. The first kappa shape index (κ1) is 13.3. The number of anilines is 2. The number of carbonyl (C=O) groups is 1. The monoisotopic (exact) mass is 274 g/mol. The van der Waals surface area contributed by atoms with Crippen LogP contribution in [0.15, 0.2) is 18.2 Å². The maximum atomic E-state index is 11.9. The SMILES string of the molecule is CCOC(=O)c1cccc(NC2CC3CCC2C3)c1N. The predicted octanol–water partition coefficient (Wildman–Crippen LogP) is 3.05. The van der Waals surface area contributed by atoms with Gasteiger partial charge in [-0.2, -0.15) is 0 Å². The lowest BCUT2D eigenvalue weighted by molar-refractivity contribution is 0.0527. The fourth-order valence-corrected chi connectivity index (χ4v) is 3.70. The normalized spacial score (nSPS) is 27.6. The molecule has 0 amide bonds. The Morgan fingerprint density at radius 1 is 1.40 bits per heavy atom. The number of hydrogen-bond donors (Lipinski definition) is 2. The van der Waals surface area contributed by atoms with E-state index in [0.29, 0.717) is 23.9 Å². The third-order valence-electron chi connectivity index (χ3n) is 4.68. The maximum Gasteiger partial charge on any atom is 0.340 e. The highest BCUT2D eigenvalue weighted by Gasteiger charge is 2.39. The first-order valence-electron chi connectivity index (χ1n) is 7.51. The molecule has 108 valence electrons. The highest BCUT2D eigenvalue weighted by atomic mass is 16.5. The van der Waals surface area contributed by atoms with Crippen molar-refractivity contribution in [3.05, 3.63) is 23.8 Å². The van der Waals surface area contributed by atoms with E-state index in [1.54, 1.807) is 13.0 Å². The number of para-hydroxylation sites is 1. The van der Waals surface area contributed by atoms with Gasteiger partial charge < -0.3 is 15.8 Å². The Morgan fingerprint density at radius 2 is 2.25 bits per heavy atom. The van der Waals surface area contributed by atoms with E-state index >= 15 is 0 Å². The van der Waals surface area contributed by atoms with Crippen molar-refractivity contribution in [2.75, 3.05) is 17.7 Å². The number of nitrogens with one attached hydrogen (secondary N) is 1. The van der Waals surface area contributed by atoms with Crippen molar-refractivity contribution >= 4 is 17.3 Å². The van der Waals surface area contributed by atoms with E-state index in [-0.39, 0.29) is 5.97 Å². The van der Waals surface area contributed by atoms with Gasteiger partial charge in [0, 0.05) is 6.04 Å². The summed E-state index contributed by atoms with van der Waals surface area (Å²) in [5.74, 6) is 1.30. The molecule has 4 heteroatoms. The van der Waals surface area contributed by atoms with Crippen LogP contribution in [-0.4, -0.2) is 18.6 Å². The molecular weight excluding hydrogens is 252 g/mol. The van der Waals surface area contributed by atoms with Gasteiger partial charge in [0.25, 0.3) is 0 Å². The Morgan fingerprint density at radius 3 is 2.90 bits per heavy atom. The van der Waals surface area contributed by atoms with Crippen LogP contribution in [0.3, 0.4) is 0 Å². The van der Waals surface area contributed by atoms with E-state index in [1.165, 1.54) is 25.7 Å². The molecule has 1 aromatic rings. The zero-order valence-electron chi connectivity index (χ0n) is 11.9. The molecule has 3 rings (SSSR count). The van der Waals surface area contributed by atoms with E-state index in [2.05, 4.69) is 5.32 Å². The topological polar surface area (TPSA) is 64.3 Å². The smallest absolute Gasteiger partial charge is 0.340 e. The van der Waals surface area contributed by atoms with Crippen LogP contribution in [0.5, 0.6) is 0 Å². The minimum absolute atomic E-state index is 0.346. The first-order chi connectivity index (χ1) is 9.69. The molecule has 0 spiro atoms. The molecule has 2 saturated carbocycles. The van der Waals surface area contributed by atoms with Crippen LogP contribution >= 0.6 is 0 Å².